The smallest absolute Gasteiger partial charge is 0.321 e. The predicted octanol–water partition coefficient (Wildman–Crippen LogP) is 1.61. The number of carbonyl (C=O) groups is 2. The number of piperazine rings is 1. The first-order chi connectivity index (χ1) is 12.2. The Balaban J connectivity index is 1.55. The van der Waals surface area contributed by atoms with Gasteiger partial charge in [0.15, 0.2) is 0 Å². The third-order valence-corrected chi connectivity index (χ3v) is 4.70. The molecule has 25 heavy (non-hydrogen) atoms. The fourth-order valence-corrected chi connectivity index (χ4v) is 3.19. The highest BCUT2D eigenvalue weighted by atomic mass is 16.5. The highest BCUT2D eigenvalue weighted by Gasteiger charge is 2.23. The van der Waals surface area contributed by atoms with Crippen LogP contribution in [0.25, 0.3) is 0 Å². The molecular weight excluding hydrogens is 320 g/mol. The van der Waals surface area contributed by atoms with Crippen LogP contribution in [0.4, 0.5) is 16.2 Å². The number of anilines is 2. The quantitative estimate of drug-likeness (QED) is 0.903. The van der Waals surface area contributed by atoms with E-state index in [-0.39, 0.29) is 11.9 Å². The van der Waals surface area contributed by atoms with Gasteiger partial charge in [-0.2, -0.15) is 0 Å². The van der Waals surface area contributed by atoms with Crippen molar-refractivity contribution in [2.45, 2.75) is 13.3 Å². The lowest BCUT2D eigenvalue weighted by Gasteiger charge is -2.34. The number of hydrogen-bond donors (Lipinski definition) is 1. The number of hydrogen-bond acceptors (Lipinski definition) is 4. The number of carbonyl (C=O) groups excluding carboxylic acids is 2. The van der Waals surface area contributed by atoms with E-state index in [0.29, 0.717) is 32.6 Å². The second-order valence-corrected chi connectivity index (χ2v) is 6.30. The first-order valence-electron chi connectivity index (χ1n) is 8.94. The third-order valence-electron chi connectivity index (χ3n) is 4.70. The summed E-state index contributed by atoms with van der Waals surface area (Å²) in [5.41, 5.74) is 1.89. The molecule has 2 fully saturated rings. The molecular formula is C18H26N4O3. The molecule has 0 aliphatic carbocycles. The van der Waals surface area contributed by atoms with Gasteiger partial charge in [0, 0.05) is 57.1 Å². The number of rotatable bonds is 3. The van der Waals surface area contributed by atoms with E-state index in [4.69, 9.17) is 4.74 Å². The Morgan fingerprint density at radius 3 is 2.40 bits per heavy atom. The number of morpholine rings is 1. The molecule has 3 rings (SSSR count). The van der Waals surface area contributed by atoms with E-state index in [1.165, 1.54) is 0 Å². The molecule has 1 aromatic carbocycles. The summed E-state index contributed by atoms with van der Waals surface area (Å²) in [6.07, 6.45) is 0.514. The predicted molar refractivity (Wildman–Crippen MR) is 96.9 cm³/mol. The van der Waals surface area contributed by atoms with Crippen molar-refractivity contribution in [3.8, 4) is 0 Å². The van der Waals surface area contributed by atoms with Crippen LogP contribution in [0.15, 0.2) is 24.3 Å². The van der Waals surface area contributed by atoms with Crippen molar-refractivity contribution >= 4 is 23.3 Å². The average molecular weight is 346 g/mol. The summed E-state index contributed by atoms with van der Waals surface area (Å²) < 4.78 is 5.38. The Morgan fingerprint density at radius 1 is 1.04 bits per heavy atom. The number of benzene rings is 1. The van der Waals surface area contributed by atoms with E-state index < -0.39 is 0 Å². The summed E-state index contributed by atoms with van der Waals surface area (Å²) in [5, 5.41) is 2.97. The van der Waals surface area contributed by atoms with E-state index >= 15 is 0 Å². The molecule has 2 saturated heterocycles. The summed E-state index contributed by atoms with van der Waals surface area (Å²) in [6.45, 7) is 7.41. The molecule has 2 aliphatic rings. The van der Waals surface area contributed by atoms with Crippen molar-refractivity contribution in [3.63, 3.8) is 0 Å². The van der Waals surface area contributed by atoms with Crippen LogP contribution in [-0.4, -0.2) is 74.2 Å². The van der Waals surface area contributed by atoms with Crippen LogP contribution in [0.2, 0.25) is 0 Å². The van der Waals surface area contributed by atoms with Crippen LogP contribution in [0, 0.1) is 0 Å². The molecule has 2 aliphatic heterocycles. The van der Waals surface area contributed by atoms with Gasteiger partial charge in [-0.25, -0.2) is 4.79 Å². The van der Waals surface area contributed by atoms with Crippen molar-refractivity contribution in [2.24, 2.45) is 0 Å². The van der Waals surface area contributed by atoms with Crippen LogP contribution in [0.3, 0.4) is 0 Å². The first-order valence-corrected chi connectivity index (χ1v) is 8.94. The summed E-state index contributed by atoms with van der Waals surface area (Å²) in [4.78, 5) is 30.0. The van der Waals surface area contributed by atoms with Gasteiger partial charge in [-0.1, -0.05) is 13.0 Å². The molecule has 0 spiro atoms. The van der Waals surface area contributed by atoms with Gasteiger partial charge >= 0.3 is 6.03 Å². The molecule has 0 aromatic heterocycles. The van der Waals surface area contributed by atoms with E-state index in [0.717, 1.165) is 37.7 Å². The summed E-state index contributed by atoms with van der Waals surface area (Å²) in [7, 11) is 0. The molecule has 3 amide bonds. The second kappa shape index (κ2) is 8.20. The highest BCUT2D eigenvalue weighted by Crippen LogP contribution is 2.21. The van der Waals surface area contributed by atoms with E-state index in [2.05, 4.69) is 16.3 Å². The van der Waals surface area contributed by atoms with Gasteiger partial charge in [0.2, 0.25) is 5.91 Å². The Kier molecular flexibility index (Phi) is 5.75. The number of nitrogens with zero attached hydrogens (tertiary/aromatic N) is 3. The van der Waals surface area contributed by atoms with E-state index in [9.17, 15) is 9.59 Å². The molecule has 2 heterocycles. The summed E-state index contributed by atoms with van der Waals surface area (Å²) in [5.74, 6) is 0.151. The number of ether oxygens (including phenoxy) is 1. The van der Waals surface area contributed by atoms with Crippen molar-refractivity contribution in [1.29, 1.82) is 0 Å². The lowest BCUT2D eigenvalue weighted by Crippen LogP contribution is -2.51. The van der Waals surface area contributed by atoms with Crippen molar-refractivity contribution in [1.82, 2.24) is 9.80 Å². The molecule has 0 atom stereocenters. The topological polar surface area (TPSA) is 65.1 Å². The minimum Gasteiger partial charge on any atom is -0.378 e. The maximum absolute atomic E-state index is 12.5. The van der Waals surface area contributed by atoms with Crippen molar-refractivity contribution in [2.75, 3.05) is 62.7 Å². The first kappa shape index (κ1) is 17.5. The molecule has 0 radical (unpaired) electrons. The number of urea groups is 1. The van der Waals surface area contributed by atoms with E-state index in [1.807, 2.05) is 30.0 Å². The van der Waals surface area contributed by atoms with Gasteiger partial charge in [0.1, 0.15) is 0 Å². The van der Waals surface area contributed by atoms with E-state index in [1.54, 1.807) is 4.90 Å². The van der Waals surface area contributed by atoms with Gasteiger partial charge in [-0.15, -0.1) is 0 Å². The van der Waals surface area contributed by atoms with Gasteiger partial charge in [0.25, 0.3) is 0 Å². The SMILES string of the molecule is CCC(=O)N1CCN(C(=O)Nc2cccc(N3CCOCC3)c2)CC1. The molecule has 0 unspecified atom stereocenters. The summed E-state index contributed by atoms with van der Waals surface area (Å²) >= 11 is 0. The number of nitrogens with one attached hydrogen (secondary N) is 1. The molecule has 1 N–H and O–H groups in total. The molecule has 136 valence electrons. The largest absolute Gasteiger partial charge is 0.378 e. The molecule has 0 bridgehead atoms. The number of amides is 3. The van der Waals surface area contributed by atoms with Gasteiger partial charge in [-0.05, 0) is 18.2 Å². The Hall–Kier alpha value is -2.28. The van der Waals surface area contributed by atoms with Gasteiger partial charge < -0.3 is 24.8 Å². The maximum atomic E-state index is 12.5. The van der Waals surface area contributed by atoms with Crippen LogP contribution in [0.1, 0.15) is 13.3 Å². The maximum Gasteiger partial charge on any atom is 0.321 e. The Labute approximate surface area is 148 Å². The van der Waals surface area contributed by atoms with Crippen LogP contribution >= 0.6 is 0 Å². The fraction of sp³-hybridized carbons (Fsp3) is 0.556. The zero-order valence-corrected chi connectivity index (χ0v) is 14.7. The lowest BCUT2D eigenvalue weighted by molar-refractivity contribution is -0.132. The minimum absolute atomic E-state index is 0.109. The molecule has 7 nitrogen and oxygen atoms in total. The molecule has 0 saturated carbocycles. The minimum atomic E-state index is -0.109. The lowest BCUT2D eigenvalue weighted by atomic mass is 10.2. The van der Waals surface area contributed by atoms with Gasteiger partial charge in [0.05, 0.1) is 13.2 Å². The van der Waals surface area contributed by atoms with Crippen LogP contribution < -0.4 is 10.2 Å². The van der Waals surface area contributed by atoms with Crippen molar-refractivity contribution in [3.05, 3.63) is 24.3 Å². The van der Waals surface area contributed by atoms with Crippen molar-refractivity contribution < 1.29 is 14.3 Å². The molecule has 1 aromatic rings. The fourth-order valence-electron chi connectivity index (χ4n) is 3.19. The summed E-state index contributed by atoms with van der Waals surface area (Å²) in [6, 6.07) is 7.80. The Bertz CT molecular complexity index is 608. The second-order valence-electron chi connectivity index (χ2n) is 6.30. The van der Waals surface area contributed by atoms with Crippen LogP contribution in [0.5, 0.6) is 0 Å². The zero-order valence-electron chi connectivity index (χ0n) is 14.7. The third kappa shape index (κ3) is 4.42. The highest BCUT2D eigenvalue weighted by molar-refractivity contribution is 5.90. The van der Waals surface area contributed by atoms with Gasteiger partial charge in [-0.3, -0.25) is 4.79 Å². The Morgan fingerprint density at radius 2 is 1.72 bits per heavy atom. The van der Waals surface area contributed by atoms with Crippen LogP contribution in [-0.2, 0) is 9.53 Å². The monoisotopic (exact) mass is 346 g/mol. The molecule has 7 heteroatoms. The normalized spacial score (nSPS) is 18.2. The zero-order chi connectivity index (χ0) is 17.6. The average Bonchev–Trinajstić information content (AvgIpc) is 2.68. The standard InChI is InChI=1S/C18H26N4O3/c1-2-17(23)21-6-8-22(9-7-21)18(24)19-15-4-3-5-16(14-15)20-10-12-25-13-11-20/h3-5,14H,2,6-13H2,1H3,(H,19,24).